The molecule has 5 heterocycles. The number of anilines is 2. The minimum atomic E-state index is -0.0589. The predicted octanol–water partition coefficient (Wildman–Crippen LogP) is 3.59. The van der Waals surface area contributed by atoms with Crippen LogP contribution in [0.25, 0.3) is 16.2 Å². The molecule has 186 valence electrons. The number of hydrogen-bond acceptors (Lipinski definition) is 9. The van der Waals surface area contributed by atoms with Gasteiger partial charge in [0, 0.05) is 62.3 Å². The Kier molecular flexibility index (Phi) is 6.00. The maximum Gasteiger partial charge on any atom is 0.272 e. The van der Waals surface area contributed by atoms with Crippen LogP contribution in [0, 0.1) is 5.92 Å². The van der Waals surface area contributed by atoms with Gasteiger partial charge in [-0.05, 0) is 44.6 Å². The highest BCUT2D eigenvalue weighted by Crippen LogP contribution is 2.36. The molecule has 1 aliphatic carbocycles. The van der Waals surface area contributed by atoms with Crippen molar-refractivity contribution >= 4 is 33.8 Å². The van der Waals surface area contributed by atoms with Crippen LogP contribution in [0.3, 0.4) is 0 Å². The standard InChI is InChI=1S/C25H29N9OS/c1-16(17-4-5-17)32(2)21-14-20(30-22(31-21)19-15-28-34-12-13-36-24(19)34)23(35)33-10-6-18(7-11-33)29-25-26-8-3-9-27-25/h3,8-9,12-18H,4-7,10-11H2,1-2H3,(H,26,27,29). The molecular formula is C25H29N9OS. The van der Waals surface area contributed by atoms with E-state index in [1.54, 1.807) is 36.0 Å². The van der Waals surface area contributed by atoms with E-state index < -0.39 is 0 Å². The third kappa shape index (κ3) is 4.50. The van der Waals surface area contributed by atoms with E-state index in [1.165, 1.54) is 12.8 Å². The number of nitrogens with one attached hydrogen (secondary N) is 1. The van der Waals surface area contributed by atoms with E-state index >= 15 is 0 Å². The highest BCUT2D eigenvalue weighted by atomic mass is 32.1. The molecule has 1 N–H and O–H groups in total. The molecule has 0 bridgehead atoms. The Morgan fingerprint density at radius 2 is 1.94 bits per heavy atom. The van der Waals surface area contributed by atoms with Gasteiger partial charge in [-0.2, -0.15) is 5.10 Å². The number of hydrogen-bond donors (Lipinski definition) is 1. The minimum absolute atomic E-state index is 0.0589. The van der Waals surface area contributed by atoms with Gasteiger partial charge in [0.25, 0.3) is 5.91 Å². The lowest BCUT2D eigenvalue weighted by Gasteiger charge is -2.32. The second-order valence-electron chi connectivity index (χ2n) is 9.62. The fourth-order valence-electron chi connectivity index (χ4n) is 4.77. The molecule has 1 saturated carbocycles. The summed E-state index contributed by atoms with van der Waals surface area (Å²) in [4.78, 5) is 36.9. The number of amides is 1. The fraction of sp³-hybridized carbons (Fsp3) is 0.440. The lowest BCUT2D eigenvalue weighted by Crippen LogP contribution is -2.43. The van der Waals surface area contributed by atoms with Crippen molar-refractivity contribution in [3.63, 3.8) is 0 Å². The molecule has 0 radical (unpaired) electrons. The van der Waals surface area contributed by atoms with Gasteiger partial charge < -0.3 is 15.1 Å². The highest BCUT2D eigenvalue weighted by Gasteiger charge is 2.32. The van der Waals surface area contributed by atoms with Crippen LogP contribution in [0.4, 0.5) is 11.8 Å². The Bertz CT molecular complexity index is 1360. The molecule has 1 aliphatic heterocycles. The summed E-state index contributed by atoms with van der Waals surface area (Å²) in [6.07, 6.45) is 11.3. The molecule has 0 aromatic carbocycles. The largest absolute Gasteiger partial charge is 0.357 e. The summed E-state index contributed by atoms with van der Waals surface area (Å²) < 4.78 is 1.82. The topological polar surface area (TPSA) is 104 Å². The van der Waals surface area contributed by atoms with Crippen molar-refractivity contribution < 1.29 is 4.79 Å². The summed E-state index contributed by atoms with van der Waals surface area (Å²) >= 11 is 1.59. The first-order valence-corrected chi connectivity index (χ1v) is 13.3. The number of rotatable bonds is 7. The number of piperidine rings is 1. The van der Waals surface area contributed by atoms with Crippen LogP contribution in [-0.4, -0.2) is 72.6 Å². The van der Waals surface area contributed by atoms with Crippen LogP contribution in [0.15, 0.2) is 42.3 Å². The van der Waals surface area contributed by atoms with Crippen LogP contribution in [0.2, 0.25) is 0 Å². The zero-order valence-electron chi connectivity index (χ0n) is 20.4. The highest BCUT2D eigenvalue weighted by molar-refractivity contribution is 7.16. The number of likely N-dealkylation sites (tertiary alicyclic amines) is 1. The van der Waals surface area contributed by atoms with Gasteiger partial charge >= 0.3 is 0 Å². The summed E-state index contributed by atoms with van der Waals surface area (Å²) in [7, 11) is 2.06. The Labute approximate surface area is 213 Å². The fourth-order valence-corrected chi connectivity index (χ4v) is 5.57. The summed E-state index contributed by atoms with van der Waals surface area (Å²) in [5, 5.41) is 9.79. The van der Waals surface area contributed by atoms with E-state index in [1.807, 2.05) is 27.1 Å². The van der Waals surface area contributed by atoms with E-state index in [0.29, 0.717) is 42.5 Å². The molecule has 10 nitrogen and oxygen atoms in total. The number of fused-ring (bicyclic) bond motifs is 1. The summed E-state index contributed by atoms with van der Waals surface area (Å²) in [5.74, 6) is 2.56. The second kappa shape index (κ2) is 9.45. The van der Waals surface area contributed by atoms with Gasteiger partial charge in [-0.1, -0.05) is 0 Å². The molecule has 1 atom stereocenters. The van der Waals surface area contributed by atoms with Crippen molar-refractivity contribution in [1.29, 1.82) is 0 Å². The summed E-state index contributed by atoms with van der Waals surface area (Å²) in [5.41, 5.74) is 1.28. The zero-order valence-corrected chi connectivity index (χ0v) is 21.2. The van der Waals surface area contributed by atoms with Crippen molar-refractivity contribution in [2.24, 2.45) is 5.92 Å². The van der Waals surface area contributed by atoms with Crippen molar-refractivity contribution in [3.05, 3.63) is 48.0 Å². The van der Waals surface area contributed by atoms with Crippen LogP contribution >= 0.6 is 11.3 Å². The smallest absolute Gasteiger partial charge is 0.272 e. The minimum Gasteiger partial charge on any atom is -0.357 e. The molecule has 4 aromatic rings. The van der Waals surface area contributed by atoms with Crippen LogP contribution in [0.5, 0.6) is 0 Å². The van der Waals surface area contributed by atoms with Gasteiger partial charge in [0.05, 0.1) is 11.8 Å². The molecule has 4 aromatic heterocycles. The van der Waals surface area contributed by atoms with Crippen LogP contribution in [0.1, 0.15) is 43.1 Å². The van der Waals surface area contributed by atoms with E-state index in [9.17, 15) is 4.79 Å². The Morgan fingerprint density at radius 1 is 1.17 bits per heavy atom. The van der Waals surface area contributed by atoms with E-state index in [4.69, 9.17) is 9.97 Å². The third-order valence-electron chi connectivity index (χ3n) is 7.26. The van der Waals surface area contributed by atoms with Crippen molar-refractivity contribution in [3.8, 4) is 11.4 Å². The van der Waals surface area contributed by atoms with Gasteiger partial charge in [-0.3, -0.25) is 4.79 Å². The van der Waals surface area contributed by atoms with Gasteiger partial charge in [-0.25, -0.2) is 24.5 Å². The molecule has 6 rings (SSSR count). The molecular weight excluding hydrogens is 474 g/mol. The first kappa shape index (κ1) is 22.8. The van der Waals surface area contributed by atoms with Crippen molar-refractivity contribution in [2.75, 3.05) is 30.4 Å². The maximum atomic E-state index is 13.6. The Balaban J connectivity index is 1.25. The molecule has 1 unspecified atom stereocenters. The third-order valence-corrected chi connectivity index (χ3v) is 8.15. The summed E-state index contributed by atoms with van der Waals surface area (Å²) in [6, 6.07) is 4.24. The number of nitrogens with zero attached hydrogens (tertiary/aromatic N) is 8. The van der Waals surface area contributed by atoms with E-state index in [-0.39, 0.29) is 11.9 Å². The van der Waals surface area contributed by atoms with Gasteiger partial charge in [-0.15, -0.1) is 11.3 Å². The first-order valence-electron chi connectivity index (χ1n) is 12.4. The number of aromatic nitrogens is 6. The average molecular weight is 504 g/mol. The van der Waals surface area contributed by atoms with Crippen LogP contribution in [-0.2, 0) is 0 Å². The molecule has 0 spiro atoms. The van der Waals surface area contributed by atoms with Crippen molar-refractivity contribution in [1.82, 2.24) is 34.4 Å². The quantitative estimate of drug-likeness (QED) is 0.408. The predicted molar refractivity (Wildman–Crippen MR) is 139 cm³/mol. The number of carbonyl (C=O) groups is 1. The average Bonchev–Trinajstić information content (AvgIpc) is 3.53. The Hall–Kier alpha value is -3.60. The van der Waals surface area contributed by atoms with Crippen LogP contribution < -0.4 is 10.2 Å². The van der Waals surface area contributed by atoms with Gasteiger partial charge in [0.2, 0.25) is 5.95 Å². The Morgan fingerprint density at radius 3 is 2.69 bits per heavy atom. The number of thiazole rings is 1. The monoisotopic (exact) mass is 503 g/mol. The van der Waals surface area contributed by atoms with Crippen molar-refractivity contribution in [2.45, 2.75) is 44.7 Å². The molecule has 2 aliphatic rings. The lowest BCUT2D eigenvalue weighted by atomic mass is 10.0. The number of carbonyl (C=O) groups excluding carboxylic acids is 1. The second-order valence-corrected chi connectivity index (χ2v) is 10.5. The first-order chi connectivity index (χ1) is 17.6. The van der Waals surface area contributed by atoms with E-state index in [0.717, 1.165) is 29.1 Å². The molecule has 36 heavy (non-hydrogen) atoms. The zero-order chi connectivity index (χ0) is 24.6. The van der Waals surface area contributed by atoms with E-state index in [2.05, 4.69) is 39.3 Å². The molecule has 2 fully saturated rings. The molecule has 1 saturated heterocycles. The summed E-state index contributed by atoms with van der Waals surface area (Å²) in [6.45, 7) is 3.52. The van der Waals surface area contributed by atoms with Gasteiger partial charge in [0.15, 0.2) is 5.82 Å². The SMILES string of the molecule is CC(C1CC1)N(C)c1cc(C(=O)N2CCC(Nc3ncccn3)CC2)nc(-c2cnn3ccsc23)n1. The van der Waals surface area contributed by atoms with Gasteiger partial charge in [0.1, 0.15) is 16.3 Å². The molecule has 11 heteroatoms. The molecule has 1 amide bonds. The lowest BCUT2D eigenvalue weighted by molar-refractivity contribution is 0.0712. The maximum absolute atomic E-state index is 13.6. The normalized spacial score (nSPS) is 17.3.